The zero-order chi connectivity index (χ0) is 13.0. The van der Waals surface area contributed by atoms with Crippen LogP contribution in [0, 0.1) is 5.92 Å². The molecule has 0 aromatic heterocycles. The summed E-state index contributed by atoms with van der Waals surface area (Å²) in [7, 11) is 1.68. The molecule has 2 heteroatoms. The zero-order valence-corrected chi connectivity index (χ0v) is 11.4. The van der Waals surface area contributed by atoms with Crippen LogP contribution < -0.4 is 4.74 Å². The Balaban J connectivity index is 3.19. The van der Waals surface area contributed by atoms with Crippen LogP contribution in [0.25, 0.3) is 0 Å². The molecule has 94 valence electrons. The number of hydrogen-bond acceptors (Lipinski definition) is 2. The highest BCUT2D eigenvalue weighted by Crippen LogP contribution is 2.31. The smallest absolute Gasteiger partial charge is 0.127 e. The first kappa shape index (κ1) is 13.8. The lowest BCUT2D eigenvalue weighted by molar-refractivity contribution is -0.109. The Kier molecular flexibility index (Phi) is 4.73. The predicted molar refractivity (Wildman–Crippen MR) is 70.7 cm³/mol. The van der Waals surface area contributed by atoms with Gasteiger partial charge in [-0.2, -0.15) is 0 Å². The highest BCUT2D eigenvalue weighted by molar-refractivity contribution is 5.63. The van der Waals surface area contributed by atoms with Gasteiger partial charge in [-0.1, -0.05) is 39.8 Å². The molecule has 0 amide bonds. The highest BCUT2D eigenvalue weighted by atomic mass is 16.5. The van der Waals surface area contributed by atoms with Gasteiger partial charge in [-0.15, -0.1) is 0 Å². The number of hydrogen-bond donors (Lipinski definition) is 0. The van der Waals surface area contributed by atoms with Crippen molar-refractivity contribution in [2.45, 2.75) is 39.5 Å². The molecule has 1 aromatic rings. The van der Waals surface area contributed by atoms with E-state index in [2.05, 4.69) is 33.8 Å². The molecule has 1 atom stereocenters. The molecule has 0 saturated heterocycles. The maximum absolute atomic E-state index is 11.2. The molecule has 0 aliphatic heterocycles. The number of carbonyl (C=O) groups excluding carboxylic acids is 1. The second kappa shape index (κ2) is 5.85. The van der Waals surface area contributed by atoms with E-state index in [4.69, 9.17) is 4.74 Å². The lowest BCUT2D eigenvalue weighted by Crippen LogP contribution is -2.09. The second-order valence-electron chi connectivity index (χ2n) is 5.06. The maximum Gasteiger partial charge on any atom is 0.127 e. The van der Waals surface area contributed by atoms with Gasteiger partial charge >= 0.3 is 0 Å². The van der Waals surface area contributed by atoms with Crippen molar-refractivity contribution in [3.8, 4) is 5.75 Å². The van der Waals surface area contributed by atoms with Crippen LogP contribution in [-0.2, 0) is 4.79 Å². The fraction of sp³-hybridized carbons (Fsp3) is 0.533. The SMILES string of the molecule is COc1ccc(C(C=O)C(C)C)cc1C(C)C. The van der Waals surface area contributed by atoms with Crippen molar-refractivity contribution in [1.29, 1.82) is 0 Å². The Morgan fingerprint density at radius 3 is 2.24 bits per heavy atom. The van der Waals surface area contributed by atoms with E-state index in [1.54, 1.807) is 7.11 Å². The molecule has 0 aliphatic rings. The van der Waals surface area contributed by atoms with Gasteiger partial charge in [0.15, 0.2) is 0 Å². The number of ether oxygens (including phenoxy) is 1. The molecule has 2 nitrogen and oxygen atoms in total. The molecular weight excluding hydrogens is 212 g/mol. The van der Waals surface area contributed by atoms with E-state index in [1.807, 2.05) is 12.1 Å². The quantitative estimate of drug-likeness (QED) is 0.725. The van der Waals surface area contributed by atoms with Crippen LogP contribution in [0.2, 0.25) is 0 Å². The molecule has 0 aliphatic carbocycles. The lowest BCUT2D eigenvalue weighted by atomic mass is 9.87. The summed E-state index contributed by atoms with van der Waals surface area (Å²) in [5.41, 5.74) is 2.25. The van der Waals surface area contributed by atoms with Gasteiger partial charge in [-0.3, -0.25) is 0 Å². The molecule has 1 aromatic carbocycles. The van der Waals surface area contributed by atoms with Gasteiger partial charge in [0.1, 0.15) is 12.0 Å². The van der Waals surface area contributed by atoms with Crippen molar-refractivity contribution in [2.75, 3.05) is 7.11 Å². The van der Waals surface area contributed by atoms with E-state index in [0.717, 1.165) is 23.2 Å². The summed E-state index contributed by atoms with van der Waals surface area (Å²) < 4.78 is 5.35. The van der Waals surface area contributed by atoms with Crippen molar-refractivity contribution in [3.05, 3.63) is 29.3 Å². The summed E-state index contributed by atoms with van der Waals surface area (Å²) in [4.78, 5) is 11.2. The Morgan fingerprint density at radius 2 is 1.82 bits per heavy atom. The molecule has 0 heterocycles. The van der Waals surface area contributed by atoms with Crippen LogP contribution in [0.3, 0.4) is 0 Å². The topological polar surface area (TPSA) is 26.3 Å². The van der Waals surface area contributed by atoms with E-state index in [-0.39, 0.29) is 5.92 Å². The minimum absolute atomic E-state index is 0.0293. The molecule has 0 bridgehead atoms. The Morgan fingerprint density at radius 1 is 1.18 bits per heavy atom. The summed E-state index contributed by atoms with van der Waals surface area (Å²) in [6.07, 6.45) is 1.04. The molecule has 17 heavy (non-hydrogen) atoms. The van der Waals surface area contributed by atoms with Crippen LogP contribution in [0.5, 0.6) is 5.75 Å². The van der Waals surface area contributed by atoms with E-state index in [9.17, 15) is 4.79 Å². The Bertz CT molecular complexity index is 381. The van der Waals surface area contributed by atoms with Gasteiger partial charge in [0.2, 0.25) is 0 Å². The van der Waals surface area contributed by atoms with Crippen molar-refractivity contribution >= 4 is 6.29 Å². The average molecular weight is 234 g/mol. The van der Waals surface area contributed by atoms with Gasteiger partial charge in [0.25, 0.3) is 0 Å². The molecule has 1 unspecified atom stereocenters. The first-order valence-electron chi connectivity index (χ1n) is 6.14. The van der Waals surface area contributed by atoms with Crippen LogP contribution >= 0.6 is 0 Å². The predicted octanol–water partition coefficient (Wildman–Crippen LogP) is 3.76. The van der Waals surface area contributed by atoms with Crippen LogP contribution in [-0.4, -0.2) is 13.4 Å². The highest BCUT2D eigenvalue weighted by Gasteiger charge is 2.17. The van der Waals surface area contributed by atoms with Crippen LogP contribution in [0.15, 0.2) is 18.2 Å². The van der Waals surface area contributed by atoms with Gasteiger partial charge in [-0.05, 0) is 29.0 Å². The fourth-order valence-corrected chi connectivity index (χ4v) is 2.03. The third-order valence-electron chi connectivity index (χ3n) is 3.13. The van der Waals surface area contributed by atoms with Gasteiger partial charge in [-0.25, -0.2) is 0 Å². The number of rotatable bonds is 5. The molecule has 1 rings (SSSR count). The summed E-state index contributed by atoms with van der Waals surface area (Å²) in [5.74, 6) is 1.58. The minimum atomic E-state index is -0.0293. The zero-order valence-electron chi connectivity index (χ0n) is 11.4. The first-order chi connectivity index (χ1) is 8.01. The molecular formula is C15H22O2. The normalized spacial score (nSPS) is 12.9. The first-order valence-corrected chi connectivity index (χ1v) is 6.14. The summed E-state index contributed by atoms with van der Waals surface area (Å²) >= 11 is 0. The van der Waals surface area contributed by atoms with Crippen molar-refractivity contribution < 1.29 is 9.53 Å². The van der Waals surface area contributed by atoms with Crippen molar-refractivity contribution in [3.63, 3.8) is 0 Å². The summed E-state index contributed by atoms with van der Waals surface area (Å²) in [6.45, 7) is 8.40. The number of carbonyl (C=O) groups is 1. The van der Waals surface area contributed by atoms with E-state index in [0.29, 0.717) is 11.8 Å². The standard InChI is InChI=1S/C15H22O2/c1-10(2)13-8-12(6-7-15(13)17-5)14(9-16)11(3)4/h6-11,14H,1-5H3. The van der Waals surface area contributed by atoms with Gasteiger partial charge in [0, 0.05) is 5.92 Å². The van der Waals surface area contributed by atoms with Crippen LogP contribution in [0.4, 0.5) is 0 Å². The molecule has 0 N–H and O–H groups in total. The van der Waals surface area contributed by atoms with E-state index >= 15 is 0 Å². The summed E-state index contributed by atoms with van der Waals surface area (Å²) in [6, 6.07) is 6.05. The molecule has 0 spiro atoms. The lowest BCUT2D eigenvalue weighted by Gasteiger charge is -2.18. The third kappa shape index (κ3) is 3.09. The number of aldehydes is 1. The molecule has 0 radical (unpaired) electrons. The van der Waals surface area contributed by atoms with Gasteiger partial charge < -0.3 is 9.53 Å². The Hall–Kier alpha value is -1.31. The van der Waals surface area contributed by atoms with Crippen molar-refractivity contribution in [2.24, 2.45) is 5.92 Å². The van der Waals surface area contributed by atoms with Crippen LogP contribution in [0.1, 0.15) is 50.7 Å². The van der Waals surface area contributed by atoms with E-state index in [1.165, 1.54) is 0 Å². The molecule has 0 fully saturated rings. The molecule has 0 saturated carbocycles. The van der Waals surface area contributed by atoms with Gasteiger partial charge in [0.05, 0.1) is 7.11 Å². The monoisotopic (exact) mass is 234 g/mol. The largest absolute Gasteiger partial charge is 0.496 e. The maximum atomic E-state index is 11.2. The second-order valence-corrected chi connectivity index (χ2v) is 5.06. The number of methoxy groups -OCH3 is 1. The summed E-state index contributed by atoms with van der Waals surface area (Å²) in [5, 5.41) is 0. The third-order valence-corrected chi connectivity index (χ3v) is 3.13. The Labute approximate surface area is 104 Å². The average Bonchev–Trinajstić information content (AvgIpc) is 2.29. The number of benzene rings is 1. The fourth-order valence-electron chi connectivity index (χ4n) is 2.03. The minimum Gasteiger partial charge on any atom is -0.496 e. The van der Waals surface area contributed by atoms with Crippen molar-refractivity contribution in [1.82, 2.24) is 0 Å². The van der Waals surface area contributed by atoms with E-state index < -0.39 is 0 Å².